The quantitative estimate of drug-likeness (QED) is 0.765. The molecule has 0 radical (unpaired) electrons. The van der Waals surface area contributed by atoms with Crippen molar-refractivity contribution in [3.63, 3.8) is 0 Å². The van der Waals surface area contributed by atoms with Gasteiger partial charge in [0.1, 0.15) is 0 Å². The highest BCUT2D eigenvalue weighted by atomic mass is 16.3. The first kappa shape index (κ1) is 9.76. The summed E-state index contributed by atoms with van der Waals surface area (Å²) in [6.45, 7) is 1.90. The Morgan fingerprint density at radius 2 is 2.00 bits per heavy atom. The summed E-state index contributed by atoms with van der Waals surface area (Å²) >= 11 is 0. The fourth-order valence-electron chi connectivity index (χ4n) is 1.27. The minimum atomic E-state index is -0.656. The normalized spacial score (nSPS) is 14.5. The van der Waals surface area contributed by atoms with Crippen LogP contribution in [0.3, 0.4) is 0 Å². The lowest BCUT2D eigenvalue weighted by Crippen LogP contribution is -2.09. The number of hydrogen-bond donors (Lipinski definition) is 1. The van der Waals surface area contributed by atoms with Gasteiger partial charge in [-0.3, -0.25) is 0 Å². The summed E-state index contributed by atoms with van der Waals surface area (Å²) < 4.78 is 0. The van der Waals surface area contributed by atoms with Gasteiger partial charge >= 0.3 is 0 Å². The van der Waals surface area contributed by atoms with E-state index in [1.807, 2.05) is 37.3 Å². The van der Waals surface area contributed by atoms with Gasteiger partial charge in [-0.25, -0.2) is 0 Å². The van der Waals surface area contributed by atoms with Gasteiger partial charge in [-0.1, -0.05) is 37.3 Å². The van der Waals surface area contributed by atoms with E-state index >= 15 is 0 Å². The maximum absolute atomic E-state index is 9.76. The van der Waals surface area contributed by atoms with Gasteiger partial charge in [0.15, 0.2) is 0 Å². The van der Waals surface area contributed by atoms with Gasteiger partial charge in [0.05, 0.1) is 18.1 Å². The molecule has 0 saturated heterocycles. The van der Waals surface area contributed by atoms with Crippen molar-refractivity contribution in [1.82, 2.24) is 0 Å². The topological polar surface area (TPSA) is 44.0 Å². The molecule has 0 bridgehead atoms. The smallest absolute Gasteiger partial charge is 0.0948 e. The molecule has 0 fully saturated rings. The van der Waals surface area contributed by atoms with Gasteiger partial charge in [0.25, 0.3) is 0 Å². The van der Waals surface area contributed by atoms with Crippen LogP contribution in [0.4, 0.5) is 0 Å². The molecule has 0 aromatic heterocycles. The van der Waals surface area contributed by atoms with E-state index in [1.165, 1.54) is 0 Å². The molecule has 1 N–H and O–H groups in total. The van der Waals surface area contributed by atoms with Gasteiger partial charge in [0, 0.05) is 0 Å². The summed E-state index contributed by atoms with van der Waals surface area (Å²) in [4.78, 5) is 0. The minimum Gasteiger partial charge on any atom is -0.387 e. The van der Waals surface area contributed by atoms with Crippen molar-refractivity contribution < 1.29 is 5.11 Å². The third kappa shape index (κ3) is 2.30. The Labute approximate surface area is 78.4 Å². The highest BCUT2D eigenvalue weighted by molar-refractivity contribution is 5.19. The number of aliphatic hydroxyl groups excluding tert-OH is 1. The van der Waals surface area contributed by atoms with E-state index in [2.05, 4.69) is 6.07 Å². The van der Waals surface area contributed by atoms with E-state index < -0.39 is 6.10 Å². The van der Waals surface area contributed by atoms with E-state index in [1.54, 1.807) is 0 Å². The first-order chi connectivity index (χ1) is 6.29. The highest BCUT2D eigenvalue weighted by Gasteiger charge is 2.17. The van der Waals surface area contributed by atoms with E-state index in [9.17, 15) is 5.11 Å². The summed E-state index contributed by atoms with van der Waals surface area (Å²) in [5, 5.41) is 18.5. The molecule has 2 heteroatoms. The molecule has 0 unspecified atom stereocenters. The lowest BCUT2D eigenvalue weighted by atomic mass is 9.95. The van der Waals surface area contributed by atoms with Crippen LogP contribution in [0.1, 0.15) is 25.0 Å². The predicted molar refractivity (Wildman–Crippen MR) is 50.8 cm³/mol. The Bertz CT molecular complexity index is 289. The molecule has 0 saturated carbocycles. The maximum atomic E-state index is 9.76. The number of benzene rings is 1. The molecule has 68 valence electrons. The van der Waals surface area contributed by atoms with Crippen LogP contribution in [0.25, 0.3) is 0 Å². The number of hydrogen-bond acceptors (Lipinski definition) is 2. The minimum absolute atomic E-state index is 0.303. The monoisotopic (exact) mass is 175 g/mol. The van der Waals surface area contributed by atoms with Crippen LogP contribution < -0.4 is 0 Å². The third-order valence-corrected chi connectivity index (χ3v) is 2.13. The molecule has 1 aromatic rings. The van der Waals surface area contributed by atoms with Crippen LogP contribution in [0.5, 0.6) is 0 Å². The van der Waals surface area contributed by atoms with Crippen LogP contribution in [-0.4, -0.2) is 5.11 Å². The van der Waals surface area contributed by atoms with Crippen LogP contribution in [0.15, 0.2) is 30.3 Å². The first-order valence-electron chi connectivity index (χ1n) is 4.42. The number of rotatable bonds is 3. The molecular weight excluding hydrogens is 162 g/mol. The molecule has 13 heavy (non-hydrogen) atoms. The van der Waals surface area contributed by atoms with Crippen LogP contribution >= 0.6 is 0 Å². The third-order valence-electron chi connectivity index (χ3n) is 2.13. The molecule has 0 aliphatic heterocycles. The Kier molecular flexibility index (Phi) is 3.48. The molecule has 0 amide bonds. The van der Waals surface area contributed by atoms with Crippen molar-refractivity contribution in [3.05, 3.63) is 35.9 Å². The highest BCUT2D eigenvalue weighted by Crippen LogP contribution is 2.23. The molecule has 0 aliphatic carbocycles. The zero-order chi connectivity index (χ0) is 9.68. The molecule has 2 atom stereocenters. The fraction of sp³-hybridized carbons (Fsp3) is 0.364. The lowest BCUT2D eigenvalue weighted by Gasteiger charge is -2.14. The maximum Gasteiger partial charge on any atom is 0.0948 e. The second-order valence-electron chi connectivity index (χ2n) is 3.00. The van der Waals surface area contributed by atoms with E-state index in [4.69, 9.17) is 5.26 Å². The van der Waals surface area contributed by atoms with Crippen molar-refractivity contribution in [2.24, 2.45) is 5.92 Å². The second-order valence-corrected chi connectivity index (χ2v) is 3.00. The molecule has 1 rings (SSSR count). The average molecular weight is 175 g/mol. The van der Waals surface area contributed by atoms with E-state index in [-0.39, 0.29) is 5.92 Å². The van der Waals surface area contributed by atoms with Crippen molar-refractivity contribution in [2.75, 3.05) is 0 Å². The van der Waals surface area contributed by atoms with Crippen LogP contribution in [-0.2, 0) is 0 Å². The Balaban J connectivity index is 2.79. The summed E-state index contributed by atoms with van der Waals surface area (Å²) in [5.41, 5.74) is 0.816. The van der Waals surface area contributed by atoms with E-state index in [0.29, 0.717) is 6.42 Å². The summed E-state index contributed by atoms with van der Waals surface area (Å²) in [6, 6.07) is 11.4. The summed E-state index contributed by atoms with van der Waals surface area (Å²) in [6.07, 6.45) is 0.0169. The Morgan fingerprint density at radius 3 is 2.46 bits per heavy atom. The summed E-state index contributed by atoms with van der Waals surface area (Å²) in [5.74, 6) is -0.303. The van der Waals surface area contributed by atoms with Crippen LogP contribution in [0.2, 0.25) is 0 Å². The lowest BCUT2D eigenvalue weighted by molar-refractivity contribution is 0.133. The predicted octanol–water partition coefficient (Wildman–Crippen LogP) is 2.27. The zero-order valence-electron chi connectivity index (χ0n) is 7.64. The van der Waals surface area contributed by atoms with Crippen LogP contribution in [0, 0.1) is 17.2 Å². The van der Waals surface area contributed by atoms with Gasteiger partial charge in [-0.05, 0) is 12.0 Å². The standard InChI is InChI=1S/C11H13NO/c1-2-9(8-12)11(13)10-6-4-3-5-7-10/h3-7,9,11,13H,2H2,1H3/t9-,11-/m0/s1. The van der Waals surface area contributed by atoms with E-state index in [0.717, 1.165) is 5.56 Å². The first-order valence-corrected chi connectivity index (χ1v) is 4.42. The van der Waals surface area contributed by atoms with Gasteiger partial charge in [-0.15, -0.1) is 0 Å². The second kappa shape index (κ2) is 4.64. The fourth-order valence-corrected chi connectivity index (χ4v) is 1.27. The van der Waals surface area contributed by atoms with Gasteiger partial charge in [0.2, 0.25) is 0 Å². The van der Waals surface area contributed by atoms with Gasteiger partial charge in [-0.2, -0.15) is 5.26 Å². The van der Waals surface area contributed by atoms with Crippen molar-refractivity contribution >= 4 is 0 Å². The molecule has 0 spiro atoms. The number of nitrogens with zero attached hydrogens (tertiary/aromatic N) is 1. The molecule has 2 nitrogen and oxygen atoms in total. The number of aliphatic hydroxyl groups is 1. The number of nitriles is 1. The van der Waals surface area contributed by atoms with Crippen molar-refractivity contribution in [1.29, 1.82) is 5.26 Å². The molecule has 0 heterocycles. The average Bonchev–Trinajstić information content (AvgIpc) is 2.21. The van der Waals surface area contributed by atoms with Crippen molar-refractivity contribution in [2.45, 2.75) is 19.4 Å². The van der Waals surface area contributed by atoms with Crippen molar-refractivity contribution in [3.8, 4) is 6.07 Å². The van der Waals surface area contributed by atoms with Gasteiger partial charge < -0.3 is 5.11 Å². The Morgan fingerprint density at radius 1 is 1.38 bits per heavy atom. The molecule has 1 aromatic carbocycles. The Hall–Kier alpha value is -1.33. The largest absolute Gasteiger partial charge is 0.387 e. The molecular formula is C11H13NO. The molecule has 0 aliphatic rings. The SMILES string of the molecule is CC[C@@H](C#N)[C@H](O)c1ccccc1. The summed E-state index contributed by atoms with van der Waals surface area (Å²) in [7, 11) is 0. The zero-order valence-corrected chi connectivity index (χ0v) is 7.64.